The number of H-pyrrole nitrogens is 1. The molecule has 0 saturated carbocycles. The van der Waals surface area contributed by atoms with Crippen molar-refractivity contribution in [2.45, 2.75) is 6.42 Å². The summed E-state index contributed by atoms with van der Waals surface area (Å²) in [6.45, 7) is 3.47. The summed E-state index contributed by atoms with van der Waals surface area (Å²) in [4.78, 5) is 26.7. The third-order valence-electron chi connectivity index (χ3n) is 4.09. The molecule has 0 aromatic carbocycles. The molecule has 2 N–H and O–H groups in total. The summed E-state index contributed by atoms with van der Waals surface area (Å²) in [7, 11) is 0. The van der Waals surface area contributed by atoms with Crippen molar-refractivity contribution in [1.29, 1.82) is 0 Å². The van der Waals surface area contributed by atoms with Gasteiger partial charge in [0.2, 0.25) is 0 Å². The maximum Gasteiger partial charge on any atom is 0.321 e. The van der Waals surface area contributed by atoms with Gasteiger partial charge in [0, 0.05) is 19.2 Å². The van der Waals surface area contributed by atoms with Crippen LogP contribution in [0.4, 0.5) is 5.82 Å². The molecule has 0 aliphatic carbocycles. The molecule has 3 rings (SSSR count). The number of likely N-dealkylation sites (tertiary alicyclic amines) is 1. The number of nitrogens with zero attached hydrogens (tertiary/aromatic N) is 2. The number of hydrogen-bond donors (Lipinski definition) is 2. The van der Waals surface area contributed by atoms with E-state index in [0.29, 0.717) is 17.5 Å². The normalized spacial score (nSPS) is 26.2. The Balaban J connectivity index is 1.71. The van der Waals surface area contributed by atoms with Gasteiger partial charge in [0.1, 0.15) is 0 Å². The smallest absolute Gasteiger partial charge is 0.321 e. The van der Waals surface area contributed by atoms with Gasteiger partial charge in [-0.2, -0.15) is 0 Å². The molecular formula is C12H16N4O3. The fourth-order valence-corrected chi connectivity index (χ4v) is 3.00. The van der Waals surface area contributed by atoms with Crippen LogP contribution in [0.15, 0.2) is 12.1 Å². The number of aromatic amines is 1. The van der Waals surface area contributed by atoms with Crippen molar-refractivity contribution < 1.29 is 9.72 Å². The molecule has 3 heterocycles. The van der Waals surface area contributed by atoms with Crippen molar-refractivity contribution in [3.8, 4) is 0 Å². The summed E-state index contributed by atoms with van der Waals surface area (Å²) in [5.41, 5.74) is 0.302. The minimum Gasteiger partial charge on any atom is -0.358 e. The second-order valence-electron chi connectivity index (χ2n) is 5.23. The molecule has 7 nitrogen and oxygen atoms in total. The highest BCUT2D eigenvalue weighted by Crippen LogP contribution is 2.27. The lowest BCUT2D eigenvalue weighted by atomic mass is 9.88. The van der Waals surface area contributed by atoms with Crippen LogP contribution in [0.2, 0.25) is 0 Å². The Morgan fingerprint density at radius 2 is 2.16 bits per heavy atom. The summed E-state index contributed by atoms with van der Waals surface area (Å²) in [5, 5.41) is 14.0. The van der Waals surface area contributed by atoms with E-state index < -0.39 is 4.92 Å². The fourth-order valence-electron chi connectivity index (χ4n) is 3.00. The van der Waals surface area contributed by atoms with Crippen molar-refractivity contribution in [2.24, 2.45) is 11.8 Å². The Kier molecular flexibility index (Phi) is 2.98. The number of carbonyl (C=O) groups is 1. The number of nitro groups is 1. The van der Waals surface area contributed by atoms with Crippen molar-refractivity contribution in [3.63, 3.8) is 0 Å². The summed E-state index contributed by atoms with van der Waals surface area (Å²) < 4.78 is 0. The van der Waals surface area contributed by atoms with Crippen LogP contribution in [-0.4, -0.2) is 46.9 Å². The second-order valence-corrected chi connectivity index (χ2v) is 5.23. The largest absolute Gasteiger partial charge is 0.358 e. The molecule has 1 aromatic heterocycles. The third-order valence-corrected chi connectivity index (χ3v) is 4.09. The molecule has 0 radical (unpaired) electrons. The first-order valence-electron chi connectivity index (χ1n) is 6.48. The molecule has 2 fully saturated rings. The molecule has 2 atom stereocenters. The van der Waals surface area contributed by atoms with Gasteiger partial charge in [0.15, 0.2) is 5.69 Å². The fraction of sp³-hybridized carbons (Fsp3) is 0.583. The van der Waals surface area contributed by atoms with Gasteiger partial charge in [-0.3, -0.25) is 4.79 Å². The van der Waals surface area contributed by atoms with Crippen LogP contribution < -0.4 is 5.32 Å². The highest BCUT2D eigenvalue weighted by Gasteiger charge is 2.35. The predicted molar refractivity (Wildman–Crippen MR) is 67.8 cm³/mol. The molecule has 2 saturated heterocycles. The molecule has 1 aromatic rings. The molecule has 102 valence electrons. The summed E-state index contributed by atoms with van der Waals surface area (Å²) in [6, 6.07) is 2.82. The minimum absolute atomic E-state index is 0.138. The molecule has 1 amide bonds. The maximum atomic E-state index is 12.3. The quantitative estimate of drug-likeness (QED) is 0.604. The topological polar surface area (TPSA) is 91.3 Å². The van der Waals surface area contributed by atoms with Crippen molar-refractivity contribution in [2.75, 3.05) is 26.2 Å². The molecule has 0 spiro atoms. The van der Waals surface area contributed by atoms with Crippen LogP contribution >= 0.6 is 0 Å². The molecular weight excluding hydrogens is 248 g/mol. The van der Waals surface area contributed by atoms with Gasteiger partial charge in [-0.15, -0.1) is 0 Å². The van der Waals surface area contributed by atoms with Crippen LogP contribution in [0.25, 0.3) is 0 Å². The van der Waals surface area contributed by atoms with Gasteiger partial charge in [-0.25, -0.2) is 4.98 Å². The molecule has 7 heteroatoms. The van der Waals surface area contributed by atoms with E-state index in [1.807, 2.05) is 0 Å². The molecule has 19 heavy (non-hydrogen) atoms. The summed E-state index contributed by atoms with van der Waals surface area (Å²) in [5.74, 6) is 0.906. The van der Waals surface area contributed by atoms with Crippen LogP contribution in [0.1, 0.15) is 16.9 Å². The lowest BCUT2D eigenvalue weighted by molar-refractivity contribution is -0.389. The number of aromatic nitrogens is 1. The average molecular weight is 264 g/mol. The second kappa shape index (κ2) is 4.65. The Morgan fingerprint density at radius 1 is 1.37 bits per heavy atom. The number of rotatable bonds is 2. The van der Waals surface area contributed by atoms with Gasteiger partial charge in [0.25, 0.3) is 5.91 Å². The van der Waals surface area contributed by atoms with E-state index >= 15 is 0 Å². The van der Waals surface area contributed by atoms with Crippen molar-refractivity contribution in [3.05, 3.63) is 27.9 Å². The van der Waals surface area contributed by atoms with Crippen LogP contribution in [0.5, 0.6) is 0 Å². The lowest BCUT2D eigenvalue weighted by Crippen LogP contribution is -2.43. The first-order chi connectivity index (χ1) is 9.15. The van der Waals surface area contributed by atoms with E-state index in [1.165, 1.54) is 12.1 Å². The van der Waals surface area contributed by atoms with Gasteiger partial charge in [0.05, 0.1) is 0 Å². The van der Waals surface area contributed by atoms with E-state index in [-0.39, 0.29) is 11.7 Å². The number of hydrogen-bond acceptors (Lipinski definition) is 4. The van der Waals surface area contributed by atoms with Crippen LogP contribution in [0, 0.1) is 22.0 Å². The lowest BCUT2D eigenvalue weighted by Gasteiger charge is -2.33. The number of amides is 1. The van der Waals surface area contributed by atoms with Gasteiger partial charge < -0.3 is 20.3 Å². The van der Waals surface area contributed by atoms with E-state index in [0.717, 1.165) is 32.6 Å². The molecule has 2 aliphatic heterocycles. The van der Waals surface area contributed by atoms with E-state index in [1.54, 1.807) is 4.90 Å². The Hall–Kier alpha value is -1.89. The summed E-state index contributed by atoms with van der Waals surface area (Å²) >= 11 is 0. The van der Waals surface area contributed by atoms with E-state index in [9.17, 15) is 14.9 Å². The average Bonchev–Trinajstić information content (AvgIpc) is 3.06. The SMILES string of the molecule is O=C(c1ccc([N+](=O)[O-])[nH]1)N1CCC2CNCC2C1. The zero-order valence-corrected chi connectivity index (χ0v) is 10.5. The Labute approximate surface area is 110 Å². The molecule has 0 bridgehead atoms. The predicted octanol–water partition coefficient (Wildman–Crippen LogP) is 0.604. The van der Waals surface area contributed by atoms with Crippen LogP contribution in [-0.2, 0) is 0 Å². The Morgan fingerprint density at radius 3 is 2.89 bits per heavy atom. The number of carbonyl (C=O) groups excluding carboxylic acids is 1. The Bertz CT molecular complexity index is 513. The molecule has 2 unspecified atom stereocenters. The standard InChI is InChI=1S/C12H16N4O3/c17-12(10-1-2-11(14-10)16(18)19)15-4-3-8-5-13-6-9(8)7-15/h1-2,8-9,13-14H,3-7H2. The maximum absolute atomic E-state index is 12.3. The minimum atomic E-state index is -0.524. The third kappa shape index (κ3) is 2.21. The van der Waals surface area contributed by atoms with E-state index in [2.05, 4.69) is 10.3 Å². The van der Waals surface area contributed by atoms with Gasteiger partial charge in [-0.1, -0.05) is 0 Å². The number of piperidine rings is 1. The highest BCUT2D eigenvalue weighted by molar-refractivity contribution is 5.93. The van der Waals surface area contributed by atoms with Crippen molar-refractivity contribution >= 4 is 11.7 Å². The summed E-state index contributed by atoms with van der Waals surface area (Å²) in [6.07, 6.45) is 1.01. The monoisotopic (exact) mass is 264 g/mol. The van der Waals surface area contributed by atoms with Crippen molar-refractivity contribution in [1.82, 2.24) is 15.2 Å². The zero-order chi connectivity index (χ0) is 13.4. The first-order valence-corrected chi connectivity index (χ1v) is 6.48. The highest BCUT2D eigenvalue weighted by atomic mass is 16.6. The van der Waals surface area contributed by atoms with Gasteiger partial charge >= 0.3 is 5.82 Å². The molecule has 2 aliphatic rings. The van der Waals surface area contributed by atoms with E-state index in [4.69, 9.17) is 0 Å². The van der Waals surface area contributed by atoms with Gasteiger partial charge in [-0.05, 0) is 42.3 Å². The van der Waals surface area contributed by atoms with Crippen LogP contribution in [0.3, 0.4) is 0 Å². The number of fused-ring (bicyclic) bond motifs is 1. The zero-order valence-electron chi connectivity index (χ0n) is 10.5. The first kappa shape index (κ1) is 12.2. The number of nitrogens with one attached hydrogen (secondary N) is 2.